The van der Waals surface area contributed by atoms with E-state index < -0.39 is 0 Å². The molecule has 0 saturated carbocycles. The van der Waals surface area contributed by atoms with Gasteiger partial charge in [0.2, 0.25) is 5.91 Å². The first-order valence-electron chi connectivity index (χ1n) is 7.68. The molecule has 1 saturated heterocycles. The summed E-state index contributed by atoms with van der Waals surface area (Å²) in [7, 11) is 0. The molecule has 1 aliphatic rings. The van der Waals surface area contributed by atoms with Gasteiger partial charge in [-0.1, -0.05) is 50.1 Å². The molecule has 4 nitrogen and oxygen atoms in total. The second-order valence-corrected chi connectivity index (χ2v) is 5.66. The number of nitrogens with one attached hydrogen (secondary N) is 1. The Kier molecular flexibility index (Phi) is 5.78. The summed E-state index contributed by atoms with van der Waals surface area (Å²) in [4.78, 5) is 23.9. The Hall–Kier alpha value is -1.84. The van der Waals surface area contributed by atoms with Gasteiger partial charge in [-0.05, 0) is 18.4 Å². The molecule has 1 aliphatic heterocycles. The van der Waals surface area contributed by atoms with Gasteiger partial charge in [-0.3, -0.25) is 9.59 Å². The molecule has 1 aromatic rings. The SMILES string of the molecule is C[C@@H]1CCCCCC(=O)NC(c2ccccc2)COC1=O. The van der Waals surface area contributed by atoms with Crippen LogP contribution in [0.15, 0.2) is 30.3 Å². The minimum atomic E-state index is -0.269. The molecule has 1 unspecified atom stereocenters. The molecule has 0 aliphatic carbocycles. The number of carbonyl (C=O) groups is 2. The zero-order chi connectivity index (χ0) is 15.1. The highest BCUT2D eigenvalue weighted by molar-refractivity contribution is 5.76. The lowest BCUT2D eigenvalue weighted by Gasteiger charge is -2.21. The quantitative estimate of drug-likeness (QED) is 0.809. The topological polar surface area (TPSA) is 55.4 Å². The number of rotatable bonds is 1. The molecule has 1 N–H and O–H groups in total. The standard InChI is InChI=1S/C17H23NO3/c1-13-8-4-2-7-11-16(19)18-15(12-21-17(13)20)14-9-5-3-6-10-14/h3,5-6,9-10,13,15H,2,4,7-8,11-12H2,1H3,(H,18,19)/t13-,15?/m1/s1. The molecule has 4 heteroatoms. The largest absolute Gasteiger partial charge is 0.463 e. The van der Waals surface area contributed by atoms with Gasteiger partial charge < -0.3 is 10.1 Å². The second kappa shape index (κ2) is 7.81. The van der Waals surface area contributed by atoms with Crippen LogP contribution in [0.1, 0.15) is 50.6 Å². The first-order chi connectivity index (χ1) is 10.2. The Balaban J connectivity index is 2.09. The lowest BCUT2D eigenvalue weighted by atomic mass is 10.0. The summed E-state index contributed by atoms with van der Waals surface area (Å²) >= 11 is 0. The molecule has 0 spiro atoms. The fourth-order valence-electron chi connectivity index (χ4n) is 2.51. The fraction of sp³-hybridized carbons (Fsp3) is 0.529. The van der Waals surface area contributed by atoms with Crippen molar-refractivity contribution in [1.29, 1.82) is 0 Å². The number of cyclic esters (lactones) is 1. The highest BCUT2D eigenvalue weighted by Crippen LogP contribution is 2.18. The van der Waals surface area contributed by atoms with Crippen LogP contribution in [0.4, 0.5) is 0 Å². The Morgan fingerprint density at radius 2 is 1.86 bits per heavy atom. The van der Waals surface area contributed by atoms with E-state index in [0.29, 0.717) is 6.42 Å². The van der Waals surface area contributed by atoms with Crippen molar-refractivity contribution in [3.05, 3.63) is 35.9 Å². The van der Waals surface area contributed by atoms with Crippen LogP contribution in [-0.4, -0.2) is 18.5 Å². The van der Waals surface area contributed by atoms with Crippen LogP contribution in [0.3, 0.4) is 0 Å². The summed E-state index contributed by atoms with van der Waals surface area (Å²) in [6, 6.07) is 9.37. The zero-order valence-corrected chi connectivity index (χ0v) is 12.5. The van der Waals surface area contributed by atoms with Gasteiger partial charge in [0, 0.05) is 6.42 Å². The average molecular weight is 289 g/mol. The highest BCUT2D eigenvalue weighted by Gasteiger charge is 2.20. The van der Waals surface area contributed by atoms with Crippen LogP contribution < -0.4 is 5.32 Å². The number of hydrogen-bond acceptors (Lipinski definition) is 3. The molecular weight excluding hydrogens is 266 g/mol. The van der Waals surface area contributed by atoms with Crippen LogP contribution in [0.5, 0.6) is 0 Å². The maximum absolute atomic E-state index is 12.0. The number of esters is 1. The van der Waals surface area contributed by atoms with Gasteiger partial charge in [-0.2, -0.15) is 0 Å². The normalized spacial score (nSPS) is 25.2. The number of amides is 1. The minimum Gasteiger partial charge on any atom is -0.463 e. The molecule has 1 amide bonds. The molecule has 0 aromatic heterocycles. The van der Waals surface area contributed by atoms with Crippen molar-refractivity contribution >= 4 is 11.9 Å². The minimum absolute atomic E-state index is 0.0218. The predicted molar refractivity (Wildman–Crippen MR) is 80.5 cm³/mol. The van der Waals surface area contributed by atoms with Crippen molar-refractivity contribution < 1.29 is 14.3 Å². The molecule has 2 rings (SSSR count). The highest BCUT2D eigenvalue weighted by atomic mass is 16.5. The zero-order valence-electron chi connectivity index (χ0n) is 12.5. The van der Waals surface area contributed by atoms with Crippen LogP contribution >= 0.6 is 0 Å². The van der Waals surface area contributed by atoms with Crippen LogP contribution in [0, 0.1) is 5.92 Å². The van der Waals surface area contributed by atoms with Gasteiger partial charge in [-0.15, -0.1) is 0 Å². The summed E-state index contributed by atoms with van der Waals surface area (Å²) in [5.74, 6) is -0.226. The van der Waals surface area contributed by atoms with E-state index in [2.05, 4.69) is 5.32 Å². The molecule has 1 aromatic carbocycles. The molecule has 1 heterocycles. The van der Waals surface area contributed by atoms with Gasteiger partial charge in [0.25, 0.3) is 0 Å². The van der Waals surface area contributed by atoms with E-state index in [0.717, 1.165) is 31.2 Å². The summed E-state index contributed by atoms with van der Waals surface area (Å²) in [6.45, 7) is 2.10. The van der Waals surface area contributed by atoms with E-state index in [4.69, 9.17) is 4.74 Å². The Labute approximate surface area is 125 Å². The van der Waals surface area contributed by atoms with Gasteiger partial charge >= 0.3 is 5.97 Å². The third-order valence-corrected chi connectivity index (χ3v) is 3.87. The lowest BCUT2D eigenvalue weighted by molar-refractivity contribution is -0.149. The summed E-state index contributed by atoms with van der Waals surface area (Å²) in [6.07, 6.45) is 4.17. The van der Waals surface area contributed by atoms with E-state index in [9.17, 15) is 9.59 Å². The first-order valence-corrected chi connectivity index (χ1v) is 7.68. The van der Waals surface area contributed by atoms with Crippen molar-refractivity contribution in [2.24, 2.45) is 5.92 Å². The second-order valence-electron chi connectivity index (χ2n) is 5.66. The molecule has 1 fully saturated rings. The average Bonchev–Trinajstić information content (AvgIpc) is 2.50. The third kappa shape index (κ3) is 4.88. The van der Waals surface area contributed by atoms with E-state index >= 15 is 0 Å². The maximum Gasteiger partial charge on any atom is 0.308 e. The Morgan fingerprint density at radius 3 is 2.62 bits per heavy atom. The van der Waals surface area contributed by atoms with Gasteiger partial charge in [-0.25, -0.2) is 0 Å². The van der Waals surface area contributed by atoms with Gasteiger partial charge in [0.1, 0.15) is 6.61 Å². The number of carbonyl (C=O) groups excluding carboxylic acids is 2. The number of benzene rings is 1. The lowest BCUT2D eigenvalue weighted by Crippen LogP contribution is -2.33. The molecule has 0 bridgehead atoms. The third-order valence-electron chi connectivity index (χ3n) is 3.87. The van der Waals surface area contributed by atoms with Crippen molar-refractivity contribution in [3.63, 3.8) is 0 Å². The van der Waals surface area contributed by atoms with E-state index in [1.54, 1.807) is 0 Å². The van der Waals surface area contributed by atoms with Crippen molar-refractivity contribution in [3.8, 4) is 0 Å². The van der Waals surface area contributed by atoms with Crippen LogP contribution in [0.2, 0.25) is 0 Å². The van der Waals surface area contributed by atoms with E-state index in [1.165, 1.54) is 0 Å². The van der Waals surface area contributed by atoms with Crippen molar-refractivity contribution in [1.82, 2.24) is 5.32 Å². The summed E-state index contributed by atoms with van der Waals surface area (Å²) < 4.78 is 5.39. The maximum atomic E-state index is 12.0. The Morgan fingerprint density at radius 1 is 1.10 bits per heavy atom. The predicted octanol–water partition coefficient (Wildman–Crippen LogP) is 2.99. The fourth-order valence-corrected chi connectivity index (χ4v) is 2.51. The smallest absolute Gasteiger partial charge is 0.308 e. The summed E-state index contributed by atoms with van der Waals surface area (Å²) in [5.41, 5.74) is 0.961. The van der Waals surface area contributed by atoms with Crippen LogP contribution in [-0.2, 0) is 14.3 Å². The van der Waals surface area contributed by atoms with Gasteiger partial charge in [0.15, 0.2) is 0 Å². The van der Waals surface area contributed by atoms with E-state index in [-0.39, 0.29) is 30.4 Å². The molecule has 21 heavy (non-hydrogen) atoms. The molecule has 2 atom stereocenters. The molecule has 114 valence electrons. The Bertz CT molecular complexity index is 472. The monoisotopic (exact) mass is 289 g/mol. The number of hydrogen-bond donors (Lipinski definition) is 1. The van der Waals surface area contributed by atoms with E-state index in [1.807, 2.05) is 37.3 Å². The van der Waals surface area contributed by atoms with Gasteiger partial charge in [0.05, 0.1) is 12.0 Å². The van der Waals surface area contributed by atoms with Crippen LogP contribution in [0.25, 0.3) is 0 Å². The van der Waals surface area contributed by atoms with Crippen molar-refractivity contribution in [2.45, 2.75) is 45.1 Å². The molecule has 0 radical (unpaired) electrons. The molecular formula is C17H23NO3. The first kappa shape index (κ1) is 15.5. The van der Waals surface area contributed by atoms with Crippen molar-refractivity contribution in [2.75, 3.05) is 6.61 Å². The summed E-state index contributed by atoms with van der Waals surface area (Å²) in [5, 5.41) is 2.97. The number of ether oxygens (including phenoxy) is 1.